The zero-order chi connectivity index (χ0) is 20.1. The number of carbonyl (C=O) groups excluding carboxylic acids is 2. The van der Waals surface area contributed by atoms with Crippen molar-refractivity contribution in [1.82, 2.24) is 0 Å². The van der Waals surface area contributed by atoms with Crippen LogP contribution in [0, 0.1) is 17.0 Å². The molecule has 27 heavy (non-hydrogen) atoms. The minimum atomic E-state index is -0.625. The summed E-state index contributed by atoms with van der Waals surface area (Å²) in [5.74, 6) is -1.20. The molecule has 0 aliphatic carbocycles. The SMILES string of the molecule is COC(=O)c1sc(NC(=S)Nc2ccc([N+](=O)[O-])cc2)c(C(=O)OC)c1C. The number of thiophene rings is 1. The Bertz CT molecular complexity index is 908. The quantitative estimate of drug-likeness (QED) is 0.331. The Labute approximate surface area is 163 Å². The van der Waals surface area contributed by atoms with Gasteiger partial charge >= 0.3 is 11.9 Å². The Morgan fingerprint density at radius 3 is 2.22 bits per heavy atom. The second-order valence-electron chi connectivity index (χ2n) is 5.13. The number of ether oxygens (including phenoxy) is 2. The summed E-state index contributed by atoms with van der Waals surface area (Å²) in [6.45, 7) is 1.60. The summed E-state index contributed by atoms with van der Waals surface area (Å²) in [5, 5.41) is 16.8. The van der Waals surface area contributed by atoms with E-state index in [0.717, 1.165) is 11.3 Å². The Morgan fingerprint density at radius 2 is 1.70 bits per heavy atom. The van der Waals surface area contributed by atoms with Crippen molar-refractivity contribution in [2.75, 3.05) is 24.9 Å². The monoisotopic (exact) mass is 409 g/mol. The molecule has 0 spiro atoms. The highest BCUT2D eigenvalue weighted by Gasteiger charge is 2.26. The number of anilines is 2. The molecular weight excluding hydrogens is 394 g/mol. The van der Waals surface area contributed by atoms with Crippen molar-refractivity contribution in [2.45, 2.75) is 6.92 Å². The maximum absolute atomic E-state index is 12.1. The second kappa shape index (κ2) is 8.56. The highest BCUT2D eigenvalue weighted by Crippen LogP contribution is 2.34. The van der Waals surface area contributed by atoms with E-state index in [1.54, 1.807) is 6.92 Å². The van der Waals surface area contributed by atoms with Gasteiger partial charge in [-0.25, -0.2) is 9.59 Å². The molecule has 0 atom stereocenters. The van der Waals surface area contributed by atoms with Gasteiger partial charge in [0.2, 0.25) is 0 Å². The molecular formula is C16H15N3O6S2. The van der Waals surface area contributed by atoms with Gasteiger partial charge in [0, 0.05) is 17.8 Å². The van der Waals surface area contributed by atoms with E-state index in [4.69, 9.17) is 21.7 Å². The van der Waals surface area contributed by atoms with Crippen molar-refractivity contribution in [3.63, 3.8) is 0 Å². The highest BCUT2D eigenvalue weighted by molar-refractivity contribution is 7.80. The first kappa shape index (κ1) is 20.3. The summed E-state index contributed by atoms with van der Waals surface area (Å²) < 4.78 is 9.49. The summed E-state index contributed by atoms with van der Waals surface area (Å²) in [5.41, 5.74) is 1.05. The normalized spacial score (nSPS) is 10.0. The van der Waals surface area contributed by atoms with E-state index in [1.165, 1.54) is 38.5 Å². The van der Waals surface area contributed by atoms with Crippen molar-refractivity contribution < 1.29 is 24.0 Å². The average molecular weight is 409 g/mol. The van der Waals surface area contributed by atoms with Crippen molar-refractivity contribution in [1.29, 1.82) is 0 Å². The standard InChI is InChI=1S/C16H15N3O6S2/c1-8-11(14(20)24-2)13(27-12(8)15(21)25-3)18-16(26)17-9-4-6-10(7-5-9)19(22)23/h4-7H,1-3H3,(H2,17,18,26). The van der Waals surface area contributed by atoms with Crippen LogP contribution < -0.4 is 10.6 Å². The van der Waals surface area contributed by atoms with E-state index >= 15 is 0 Å². The Balaban J connectivity index is 2.24. The molecule has 11 heteroatoms. The number of benzene rings is 1. The number of nitrogens with one attached hydrogen (secondary N) is 2. The number of esters is 2. The average Bonchev–Trinajstić information content (AvgIpc) is 2.96. The molecule has 0 aliphatic rings. The second-order valence-corrected chi connectivity index (χ2v) is 6.56. The first-order chi connectivity index (χ1) is 12.8. The minimum absolute atomic E-state index is 0.0518. The van der Waals surface area contributed by atoms with Crippen LogP contribution in [0.3, 0.4) is 0 Å². The predicted octanol–water partition coefficient (Wildman–Crippen LogP) is 3.35. The third-order valence-electron chi connectivity index (χ3n) is 3.47. The lowest BCUT2D eigenvalue weighted by atomic mass is 10.1. The highest BCUT2D eigenvalue weighted by atomic mass is 32.1. The number of non-ortho nitro benzene ring substituents is 1. The van der Waals surface area contributed by atoms with Gasteiger partial charge in [-0.15, -0.1) is 11.3 Å². The number of nitro groups is 1. The fraction of sp³-hybridized carbons (Fsp3) is 0.188. The Morgan fingerprint density at radius 1 is 1.11 bits per heavy atom. The van der Waals surface area contributed by atoms with Gasteiger partial charge in [-0.2, -0.15) is 0 Å². The van der Waals surface area contributed by atoms with Crippen LogP contribution in [-0.4, -0.2) is 36.2 Å². The predicted molar refractivity (Wildman–Crippen MR) is 105 cm³/mol. The fourth-order valence-electron chi connectivity index (χ4n) is 2.17. The number of methoxy groups -OCH3 is 2. The van der Waals surface area contributed by atoms with Gasteiger partial charge in [0.1, 0.15) is 9.88 Å². The number of thiocarbonyl (C=S) groups is 1. The van der Waals surface area contributed by atoms with Gasteiger partial charge in [-0.3, -0.25) is 10.1 Å². The van der Waals surface area contributed by atoms with Gasteiger partial charge in [0.25, 0.3) is 5.69 Å². The summed E-state index contributed by atoms with van der Waals surface area (Å²) in [7, 11) is 2.47. The van der Waals surface area contributed by atoms with Crippen molar-refractivity contribution in [3.05, 3.63) is 50.4 Å². The summed E-state index contributed by atoms with van der Waals surface area (Å²) >= 11 is 6.22. The zero-order valence-corrected chi connectivity index (χ0v) is 16.2. The van der Waals surface area contributed by atoms with Crippen LogP contribution in [0.5, 0.6) is 0 Å². The first-order valence-electron chi connectivity index (χ1n) is 7.41. The van der Waals surface area contributed by atoms with Crippen LogP contribution in [0.15, 0.2) is 24.3 Å². The van der Waals surface area contributed by atoms with E-state index in [-0.39, 0.29) is 21.2 Å². The lowest BCUT2D eigenvalue weighted by molar-refractivity contribution is -0.384. The lowest BCUT2D eigenvalue weighted by Crippen LogP contribution is -2.20. The molecule has 0 amide bonds. The van der Waals surface area contributed by atoms with Gasteiger partial charge in [-0.05, 0) is 36.8 Å². The van der Waals surface area contributed by atoms with Crippen LogP contribution in [0.25, 0.3) is 0 Å². The molecule has 2 N–H and O–H groups in total. The van der Waals surface area contributed by atoms with Gasteiger partial charge in [-0.1, -0.05) is 0 Å². The van der Waals surface area contributed by atoms with Crippen molar-refractivity contribution >= 4 is 57.0 Å². The number of carbonyl (C=O) groups is 2. The van der Waals surface area contributed by atoms with Crippen LogP contribution in [0.4, 0.5) is 16.4 Å². The summed E-state index contributed by atoms with van der Waals surface area (Å²) in [6.07, 6.45) is 0. The number of hydrogen-bond acceptors (Lipinski definition) is 8. The topological polar surface area (TPSA) is 120 Å². The van der Waals surface area contributed by atoms with Crippen LogP contribution in [-0.2, 0) is 9.47 Å². The number of nitrogens with zero attached hydrogens (tertiary/aromatic N) is 1. The molecule has 0 bridgehead atoms. The molecule has 1 heterocycles. The molecule has 0 aliphatic heterocycles. The van der Waals surface area contributed by atoms with Crippen LogP contribution in [0.1, 0.15) is 25.6 Å². The third-order valence-corrected chi connectivity index (χ3v) is 4.86. The lowest BCUT2D eigenvalue weighted by Gasteiger charge is -2.10. The Kier molecular flexibility index (Phi) is 6.42. The van der Waals surface area contributed by atoms with Crippen LogP contribution in [0.2, 0.25) is 0 Å². The molecule has 9 nitrogen and oxygen atoms in total. The number of nitro benzene ring substituents is 1. The van der Waals surface area contributed by atoms with Crippen molar-refractivity contribution in [2.24, 2.45) is 0 Å². The Hall–Kier alpha value is -3.05. The first-order valence-corrected chi connectivity index (χ1v) is 8.63. The van der Waals surface area contributed by atoms with Gasteiger partial charge in [0.15, 0.2) is 5.11 Å². The molecule has 0 saturated heterocycles. The molecule has 0 saturated carbocycles. The van der Waals surface area contributed by atoms with Crippen molar-refractivity contribution in [3.8, 4) is 0 Å². The molecule has 1 aromatic heterocycles. The maximum Gasteiger partial charge on any atom is 0.348 e. The molecule has 0 fully saturated rings. The molecule has 0 unspecified atom stereocenters. The molecule has 2 aromatic rings. The van der Waals surface area contributed by atoms with E-state index in [2.05, 4.69) is 10.6 Å². The van der Waals surface area contributed by atoms with Gasteiger partial charge < -0.3 is 20.1 Å². The zero-order valence-electron chi connectivity index (χ0n) is 14.5. The van der Waals surface area contributed by atoms with Gasteiger partial charge in [0.05, 0.1) is 24.7 Å². The molecule has 142 valence electrons. The molecule has 2 rings (SSSR count). The summed E-state index contributed by atoms with van der Waals surface area (Å²) in [6, 6.07) is 5.64. The smallest absolute Gasteiger partial charge is 0.348 e. The fourth-order valence-corrected chi connectivity index (χ4v) is 3.57. The summed E-state index contributed by atoms with van der Waals surface area (Å²) in [4.78, 5) is 34.4. The van der Waals surface area contributed by atoms with E-state index < -0.39 is 16.9 Å². The minimum Gasteiger partial charge on any atom is -0.465 e. The van der Waals surface area contributed by atoms with Crippen LogP contribution >= 0.6 is 23.6 Å². The van der Waals surface area contributed by atoms with E-state index in [1.807, 2.05) is 0 Å². The molecule has 1 aromatic carbocycles. The third kappa shape index (κ3) is 4.57. The largest absolute Gasteiger partial charge is 0.465 e. The number of hydrogen-bond donors (Lipinski definition) is 2. The molecule has 0 radical (unpaired) electrons. The van der Waals surface area contributed by atoms with E-state index in [0.29, 0.717) is 16.3 Å². The van der Waals surface area contributed by atoms with E-state index in [9.17, 15) is 19.7 Å². The number of rotatable bonds is 5. The maximum atomic E-state index is 12.1.